The van der Waals surface area contributed by atoms with E-state index in [0.29, 0.717) is 0 Å². The number of hydrogen-bond donors (Lipinski definition) is 0. The minimum absolute atomic E-state index is 0. The standard InChI is InChI=1S/C19H23NOS.ClH/c1-20(2)11-16-12-4-5-13(8-12)19(16)18-10-14-9-15(21-3)6-7-17(14)22-18;/h6-7,9-10,12-13H,4-5,8,11H2,1-3H3;1H. The van der Waals surface area contributed by atoms with Crippen molar-refractivity contribution in [2.75, 3.05) is 27.7 Å². The first-order valence-electron chi connectivity index (χ1n) is 8.11. The molecular weight excluding hydrogens is 326 g/mol. The zero-order valence-corrected chi connectivity index (χ0v) is 15.6. The number of nitrogens with zero attached hydrogens (tertiary/aromatic N) is 1. The number of hydrogen-bond acceptors (Lipinski definition) is 3. The number of halogens is 1. The van der Waals surface area contributed by atoms with Crippen LogP contribution in [0.2, 0.25) is 0 Å². The summed E-state index contributed by atoms with van der Waals surface area (Å²) in [5, 5.41) is 1.32. The highest BCUT2D eigenvalue weighted by molar-refractivity contribution is 7.20. The second-order valence-corrected chi connectivity index (χ2v) is 7.98. The Hall–Kier alpha value is -1.03. The predicted octanol–water partition coefficient (Wildman–Crippen LogP) is 5.08. The fourth-order valence-electron chi connectivity index (χ4n) is 4.24. The molecule has 1 heterocycles. The van der Waals surface area contributed by atoms with Gasteiger partial charge in [-0.25, -0.2) is 0 Å². The van der Waals surface area contributed by atoms with E-state index in [2.05, 4.69) is 43.3 Å². The van der Waals surface area contributed by atoms with Gasteiger partial charge in [0.15, 0.2) is 0 Å². The normalized spacial score (nSPS) is 23.0. The Morgan fingerprint density at radius 1 is 1.17 bits per heavy atom. The van der Waals surface area contributed by atoms with Gasteiger partial charge in [0.25, 0.3) is 0 Å². The summed E-state index contributed by atoms with van der Waals surface area (Å²) in [6, 6.07) is 8.81. The van der Waals surface area contributed by atoms with E-state index < -0.39 is 0 Å². The molecule has 23 heavy (non-hydrogen) atoms. The Balaban J connectivity index is 0.00000156. The first-order valence-corrected chi connectivity index (χ1v) is 8.93. The Morgan fingerprint density at radius 3 is 2.70 bits per heavy atom. The summed E-state index contributed by atoms with van der Waals surface area (Å²) in [6.07, 6.45) is 4.17. The van der Waals surface area contributed by atoms with E-state index in [9.17, 15) is 0 Å². The average molecular weight is 350 g/mol. The highest BCUT2D eigenvalue weighted by atomic mass is 35.5. The fourth-order valence-corrected chi connectivity index (χ4v) is 5.44. The third-order valence-corrected chi connectivity index (χ3v) is 6.30. The van der Waals surface area contributed by atoms with Gasteiger partial charge in [-0.2, -0.15) is 0 Å². The maximum atomic E-state index is 5.37. The smallest absolute Gasteiger partial charge is 0.119 e. The summed E-state index contributed by atoms with van der Waals surface area (Å²) in [7, 11) is 6.11. The lowest BCUT2D eigenvalue weighted by Gasteiger charge is -2.22. The molecule has 2 atom stereocenters. The van der Waals surface area contributed by atoms with Gasteiger partial charge in [-0.3, -0.25) is 0 Å². The van der Waals surface area contributed by atoms with Crippen LogP contribution in [0.3, 0.4) is 0 Å². The summed E-state index contributed by atoms with van der Waals surface area (Å²) in [5.41, 5.74) is 3.38. The monoisotopic (exact) mass is 349 g/mol. The van der Waals surface area contributed by atoms with E-state index in [1.165, 1.54) is 34.2 Å². The molecule has 0 N–H and O–H groups in total. The number of likely N-dealkylation sites (N-methyl/N-ethyl adjacent to an activating group) is 1. The largest absolute Gasteiger partial charge is 0.497 e. The van der Waals surface area contributed by atoms with E-state index in [1.807, 2.05) is 11.3 Å². The summed E-state index contributed by atoms with van der Waals surface area (Å²) in [5.74, 6) is 2.59. The van der Waals surface area contributed by atoms with Crippen LogP contribution in [0.1, 0.15) is 24.1 Å². The highest BCUT2D eigenvalue weighted by Crippen LogP contribution is 2.54. The molecule has 2 aliphatic carbocycles. The number of methoxy groups -OCH3 is 1. The van der Waals surface area contributed by atoms with Crippen LogP contribution in [0, 0.1) is 11.8 Å². The van der Waals surface area contributed by atoms with E-state index in [0.717, 1.165) is 24.1 Å². The molecule has 2 aromatic rings. The van der Waals surface area contributed by atoms with Crippen molar-refractivity contribution in [2.45, 2.75) is 19.3 Å². The van der Waals surface area contributed by atoms with Crippen molar-refractivity contribution in [1.82, 2.24) is 4.90 Å². The number of rotatable bonds is 4. The quantitative estimate of drug-likeness (QED) is 0.763. The molecule has 4 rings (SSSR count). The van der Waals surface area contributed by atoms with Crippen molar-refractivity contribution in [3.05, 3.63) is 34.7 Å². The van der Waals surface area contributed by atoms with Crippen LogP contribution in [0.4, 0.5) is 0 Å². The van der Waals surface area contributed by atoms with Gasteiger partial charge in [-0.15, -0.1) is 23.7 Å². The topological polar surface area (TPSA) is 12.5 Å². The van der Waals surface area contributed by atoms with Crippen molar-refractivity contribution >= 4 is 39.4 Å². The number of benzene rings is 1. The van der Waals surface area contributed by atoms with Crippen molar-refractivity contribution in [1.29, 1.82) is 0 Å². The van der Waals surface area contributed by atoms with Gasteiger partial charge >= 0.3 is 0 Å². The molecule has 0 spiro atoms. The van der Waals surface area contributed by atoms with Crippen molar-refractivity contribution < 1.29 is 4.74 Å². The van der Waals surface area contributed by atoms with Gasteiger partial charge in [0, 0.05) is 16.1 Å². The molecule has 1 saturated carbocycles. The summed E-state index contributed by atoms with van der Waals surface area (Å²) in [6.45, 7) is 1.12. The summed E-state index contributed by atoms with van der Waals surface area (Å²) < 4.78 is 6.74. The third kappa shape index (κ3) is 2.90. The van der Waals surface area contributed by atoms with Gasteiger partial charge in [-0.05, 0) is 86.0 Å². The lowest BCUT2D eigenvalue weighted by molar-refractivity contribution is 0.415. The van der Waals surface area contributed by atoms with Gasteiger partial charge < -0.3 is 9.64 Å². The van der Waals surface area contributed by atoms with Crippen LogP contribution in [0.5, 0.6) is 5.75 Å². The molecule has 0 amide bonds. The van der Waals surface area contributed by atoms with Gasteiger partial charge in [0.1, 0.15) is 5.75 Å². The maximum Gasteiger partial charge on any atom is 0.119 e. The molecule has 124 valence electrons. The van der Waals surface area contributed by atoms with Crippen molar-refractivity contribution in [3.8, 4) is 5.75 Å². The van der Waals surface area contributed by atoms with Gasteiger partial charge in [0.05, 0.1) is 7.11 Å². The number of fused-ring (bicyclic) bond motifs is 3. The molecule has 2 nitrogen and oxygen atoms in total. The fraction of sp³-hybridized carbons (Fsp3) is 0.474. The molecule has 0 radical (unpaired) electrons. The van der Waals surface area contributed by atoms with Crippen LogP contribution in [0.25, 0.3) is 15.7 Å². The van der Waals surface area contributed by atoms with Gasteiger partial charge in [-0.1, -0.05) is 0 Å². The number of thiophene rings is 1. The van der Waals surface area contributed by atoms with E-state index in [4.69, 9.17) is 4.74 Å². The van der Waals surface area contributed by atoms with Crippen LogP contribution in [-0.4, -0.2) is 32.6 Å². The minimum Gasteiger partial charge on any atom is -0.497 e. The highest BCUT2D eigenvalue weighted by Gasteiger charge is 2.39. The summed E-state index contributed by atoms with van der Waals surface area (Å²) in [4.78, 5) is 3.82. The second kappa shape index (κ2) is 6.46. The molecule has 1 fully saturated rings. The molecule has 0 saturated heterocycles. The van der Waals surface area contributed by atoms with Crippen LogP contribution >= 0.6 is 23.7 Å². The lowest BCUT2D eigenvalue weighted by Crippen LogP contribution is -2.19. The molecule has 1 aromatic heterocycles. The molecule has 2 aliphatic rings. The molecular formula is C19H24ClNOS. The van der Waals surface area contributed by atoms with E-state index >= 15 is 0 Å². The molecule has 4 heteroatoms. The van der Waals surface area contributed by atoms with E-state index in [1.54, 1.807) is 18.3 Å². The Bertz CT molecular complexity index is 749. The van der Waals surface area contributed by atoms with Crippen LogP contribution in [-0.2, 0) is 0 Å². The number of allylic oxidation sites excluding steroid dienone is 1. The average Bonchev–Trinajstić information content (AvgIpc) is 3.19. The van der Waals surface area contributed by atoms with Crippen molar-refractivity contribution in [2.24, 2.45) is 11.8 Å². The maximum absolute atomic E-state index is 5.37. The predicted molar refractivity (Wildman–Crippen MR) is 102 cm³/mol. The summed E-state index contributed by atoms with van der Waals surface area (Å²) >= 11 is 1.95. The second-order valence-electron chi connectivity index (χ2n) is 6.90. The molecule has 0 aliphatic heterocycles. The lowest BCUT2D eigenvalue weighted by atomic mass is 9.90. The zero-order chi connectivity index (χ0) is 15.3. The van der Waals surface area contributed by atoms with Crippen LogP contribution < -0.4 is 4.74 Å². The molecule has 2 unspecified atom stereocenters. The first kappa shape index (κ1) is 16.8. The third-order valence-electron chi connectivity index (χ3n) is 5.16. The Kier molecular flexibility index (Phi) is 4.73. The number of ether oxygens (including phenoxy) is 1. The van der Waals surface area contributed by atoms with Crippen LogP contribution in [0.15, 0.2) is 29.8 Å². The van der Waals surface area contributed by atoms with Crippen molar-refractivity contribution in [3.63, 3.8) is 0 Å². The minimum atomic E-state index is 0. The molecule has 1 aromatic carbocycles. The molecule has 2 bridgehead atoms. The Labute approximate surface area is 148 Å². The van der Waals surface area contributed by atoms with Gasteiger partial charge in [0.2, 0.25) is 0 Å². The Morgan fingerprint density at radius 2 is 1.96 bits per heavy atom. The van der Waals surface area contributed by atoms with E-state index in [-0.39, 0.29) is 12.4 Å². The first-order chi connectivity index (χ1) is 10.7. The zero-order valence-electron chi connectivity index (χ0n) is 14.0. The SMILES string of the molecule is COc1ccc2sc(C3=C(CN(C)C)C4CCC3C4)cc2c1.Cl.